The van der Waals surface area contributed by atoms with Crippen LogP contribution in [0.2, 0.25) is 0 Å². The van der Waals surface area contributed by atoms with Gasteiger partial charge < -0.3 is 10.4 Å². The van der Waals surface area contributed by atoms with Gasteiger partial charge in [0.2, 0.25) is 0 Å². The first-order valence-electron chi connectivity index (χ1n) is 7.33. The zero-order chi connectivity index (χ0) is 15.3. The Bertz CT molecular complexity index is 440. The number of nitrogens with one attached hydrogen (secondary N) is 1. The SMILES string of the molecule is CC[C@H](C)[C@@H](CO)NC(=O)c1cc(CC(C)C)nn1C. The van der Waals surface area contributed by atoms with E-state index in [4.69, 9.17) is 0 Å². The van der Waals surface area contributed by atoms with E-state index in [2.05, 4.69) is 24.3 Å². The quantitative estimate of drug-likeness (QED) is 0.800. The molecule has 1 aromatic rings. The normalized spacial score (nSPS) is 14.3. The predicted molar refractivity (Wildman–Crippen MR) is 79.5 cm³/mol. The van der Waals surface area contributed by atoms with Crippen molar-refractivity contribution in [3.8, 4) is 0 Å². The number of aliphatic hydroxyl groups is 1. The van der Waals surface area contributed by atoms with Crippen molar-refractivity contribution in [3.63, 3.8) is 0 Å². The fourth-order valence-electron chi connectivity index (χ4n) is 2.15. The van der Waals surface area contributed by atoms with Crippen LogP contribution in [0, 0.1) is 11.8 Å². The highest BCUT2D eigenvalue weighted by Crippen LogP contribution is 2.11. The van der Waals surface area contributed by atoms with Crippen molar-refractivity contribution in [2.45, 2.75) is 46.6 Å². The monoisotopic (exact) mass is 281 g/mol. The molecule has 20 heavy (non-hydrogen) atoms. The lowest BCUT2D eigenvalue weighted by molar-refractivity contribution is 0.0882. The third-order valence-electron chi connectivity index (χ3n) is 3.62. The second-order valence-corrected chi connectivity index (χ2v) is 5.89. The molecule has 0 radical (unpaired) electrons. The largest absolute Gasteiger partial charge is 0.394 e. The first kappa shape index (κ1) is 16.7. The molecule has 0 unspecified atom stereocenters. The summed E-state index contributed by atoms with van der Waals surface area (Å²) in [5.74, 6) is 0.577. The summed E-state index contributed by atoms with van der Waals surface area (Å²) < 4.78 is 1.61. The number of aromatic nitrogens is 2. The molecule has 0 aliphatic carbocycles. The molecule has 114 valence electrons. The number of aliphatic hydroxyl groups excluding tert-OH is 1. The van der Waals surface area contributed by atoms with Crippen molar-refractivity contribution in [1.29, 1.82) is 0 Å². The summed E-state index contributed by atoms with van der Waals surface area (Å²) >= 11 is 0. The molecule has 5 nitrogen and oxygen atoms in total. The van der Waals surface area contributed by atoms with Crippen LogP contribution < -0.4 is 5.32 Å². The van der Waals surface area contributed by atoms with Crippen LogP contribution in [0.5, 0.6) is 0 Å². The lowest BCUT2D eigenvalue weighted by Gasteiger charge is -2.21. The molecule has 1 amide bonds. The average Bonchev–Trinajstić information content (AvgIpc) is 2.74. The third-order valence-corrected chi connectivity index (χ3v) is 3.62. The molecule has 0 saturated heterocycles. The molecule has 1 rings (SSSR count). The van der Waals surface area contributed by atoms with Crippen LogP contribution >= 0.6 is 0 Å². The molecular formula is C15H27N3O2. The number of hydrogen-bond acceptors (Lipinski definition) is 3. The van der Waals surface area contributed by atoms with E-state index in [1.54, 1.807) is 11.7 Å². The number of nitrogens with zero attached hydrogens (tertiary/aromatic N) is 2. The average molecular weight is 281 g/mol. The summed E-state index contributed by atoms with van der Waals surface area (Å²) in [4.78, 5) is 12.3. The van der Waals surface area contributed by atoms with Crippen molar-refractivity contribution in [2.24, 2.45) is 18.9 Å². The third kappa shape index (κ3) is 4.34. The molecule has 0 spiro atoms. The van der Waals surface area contributed by atoms with Crippen LogP contribution in [0.3, 0.4) is 0 Å². The number of hydrogen-bond donors (Lipinski definition) is 2. The summed E-state index contributed by atoms with van der Waals surface area (Å²) in [5, 5.41) is 16.6. The van der Waals surface area contributed by atoms with E-state index in [9.17, 15) is 9.90 Å². The van der Waals surface area contributed by atoms with Gasteiger partial charge in [0.25, 0.3) is 5.91 Å². The summed E-state index contributed by atoms with van der Waals surface area (Å²) in [6.45, 7) is 8.27. The van der Waals surface area contributed by atoms with E-state index in [0.717, 1.165) is 18.5 Å². The molecule has 0 aliphatic rings. The van der Waals surface area contributed by atoms with Crippen LogP contribution in [-0.4, -0.2) is 33.4 Å². The van der Waals surface area contributed by atoms with E-state index in [0.29, 0.717) is 11.6 Å². The minimum Gasteiger partial charge on any atom is -0.394 e. The van der Waals surface area contributed by atoms with Crippen molar-refractivity contribution >= 4 is 5.91 Å². The molecule has 2 N–H and O–H groups in total. The number of carbonyl (C=O) groups excluding carboxylic acids is 1. The fraction of sp³-hybridized carbons (Fsp3) is 0.733. The second-order valence-electron chi connectivity index (χ2n) is 5.89. The highest BCUT2D eigenvalue weighted by molar-refractivity contribution is 5.92. The summed E-state index contributed by atoms with van der Waals surface area (Å²) in [6.07, 6.45) is 1.77. The Morgan fingerprint density at radius 3 is 2.60 bits per heavy atom. The maximum atomic E-state index is 12.3. The smallest absolute Gasteiger partial charge is 0.269 e. The van der Waals surface area contributed by atoms with Crippen molar-refractivity contribution in [2.75, 3.05) is 6.61 Å². The summed E-state index contributed by atoms with van der Waals surface area (Å²) in [5.41, 5.74) is 1.47. The van der Waals surface area contributed by atoms with Gasteiger partial charge in [-0.25, -0.2) is 0 Å². The maximum Gasteiger partial charge on any atom is 0.269 e. The number of carbonyl (C=O) groups is 1. The first-order chi connectivity index (χ1) is 9.38. The predicted octanol–water partition coefficient (Wildman–Crippen LogP) is 1.76. The zero-order valence-electron chi connectivity index (χ0n) is 13.2. The van der Waals surface area contributed by atoms with Gasteiger partial charge in [-0.1, -0.05) is 34.1 Å². The van der Waals surface area contributed by atoms with Gasteiger partial charge in [0.15, 0.2) is 0 Å². The molecule has 0 aromatic carbocycles. The van der Waals surface area contributed by atoms with Gasteiger partial charge >= 0.3 is 0 Å². The fourth-order valence-corrected chi connectivity index (χ4v) is 2.15. The van der Waals surface area contributed by atoms with Crippen molar-refractivity contribution < 1.29 is 9.90 Å². The highest BCUT2D eigenvalue weighted by Gasteiger charge is 2.20. The van der Waals surface area contributed by atoms with Crippen LogP contribution in [-0.2, 0) is 13.5 Å². The molecule has 0 aliphatic heterocycles. The number of amides is 1. The van der Waals surface area contributed by atoms with E-state index in [1.165, 1.54) is 0 Å². The molecule has 0 saturated carbocycles. The standard InChI is InChI=1S/C15H27N3O2/c1-6-11(4)13(9-19)16-15(20)14-8-12(7-10(2)3)17-18(14)5/h8,10-11,13,19H,6-7,9H2,1-5H3,(H,16,20)/t11-,13+/m0/s1. The highest BCUT2D eigenvalue weighted by atomic mass is 16.3. The molecular weight excluding hydrogens is 254 g/mol. The van der Waals surface area contributed by atoms with E-state index in [1.807, 2.05) is 19.9 Å². The lowest BCUT2D eigenvalue weighted by Crippen LogP contribution is -2.42. The van der Waals surface area contributed by atoms with Crippen LogP contribution in [0.25, 0.3) is 0 Å². The van der Waals surface area contributed by atoms with Gasteiger partial charge in [-0.15, -0.1) is 0 Å². The lowest BCUT2D eigenvalue weighted by atomic mass is 10.00. The van der Waals surface area contributed by atoms with Gasteiger partial charge in [-0.05, 0) is 24.3 Å². The van der Waals surface area contributed by atoms with Crippen LogP contribution in [0.4, 0.5) is 0 Å². The molecule has 1 aromatic heterocycles. The van der Waals surface area contributed by atoms with Crippen molar-refractivity contribution in [3.05, 3.63) is 17.5 Å². The van der Waals surface area contributed by atoms with Crippen LogP contribution in [0.15, 0.2) is 6.07 Å². The minimum atomic E-state index is -0.212. The Labute approximate surface area is 121 Å². The maximum absolute atomic E-state index is 12.3. The number of rotatable bonds is 7. The Morgan fingerprint density at radius 2 is 2.10 bits per heavy atom. The Balaban J connectivity index is 2.79. The van der Waals surface area contributed by atoms with Gasteiger partial charge in [-0.3, -0.25) is 9.48 Å². The van der Waals surface area contributed by atoms with E-state index < -0.39 is 0 Å². The van der Waals surface area contributed by atoms with Gasteiger partial charge in [-0.2, -0.15) is 5.10 Å². The van der Waals surface area contributed by atoms with Crippen molar-refractivity contribution in [1.82, 2.24) is 15.1 Å². The Hall–Kier alpha value is -1.36. The molecule has 0 fully saturated rings. The molecule has 1 heterocycles. The minimum absolute atomic E-state index is 0.0442. The molecule has 0 bridgehead atoms. The Kier molecular flexibility index (Phi) is 6.20. The topological polar surface area (TPSA) is 67.2 Å². The van der Waals surface area contributed by atoms with Gasteiger partial charge in [0, 0.05) is 7.05 Å². The van der Waals surface area contributed by atoms with E-state index in [-0.39, 0.29) is 24.5 Å². The first-order valence-corrected chi connectivity index (χ1v) is 7.33. The van der Waals surface area contributed by atoms with Gasteiger partial charge in [0.05, 0.1) is 18.3 Å². The van der Waals surface area contributed by atoms with Gasteiger partial charge in [0.1, 0.15) is 5.69 Å². The summed E-state index contributed by atoms with van der Waals surface area (Å²) in [7, 11) is 1.77. The second kappa shape index (κ2) is 7.43. The summed E-state index contributed by atoms with van der Waals surface area (Å²) in [6, 6.07) is 1.62. The molecule has 2 atom stereocenters. The van der Waals surface area contributed by atoms with Crippen LogP contribution in [0.1, 0.15) is 50.3 Å². The van der Waals surface area contributed by atoms with E-state index >= 15 is 0 Å². The number of aryl methyl sites for hydroxylation is 1. The molecule has 5 heteroatoms. The Morgan fingerprint density at radius 1 is 1.45 bits per heavy atom. The zero-order valence-corrected chi connectivity index (χ0v) is 13.2.